The third kappa shape index (κ3) is 3.61. The molecule has 2 saturated heterocycles. The average molecular weight is 289 g/mol. The Morgan fingerprint density at radius 2 is 1.90 bits per heavy atom. The standard InChI is InChI=1S/C16H23N3O2/c20-14-10-15(17-11-14)16(21)19-8-6-18(7-9-19)12-13-4-2-1-3-5-13/h1-5,14-15,17,20H,6-12H2. The summed E-state index contributed by atoms with van der Waals surface area (Å²) in [5.41, 5.74) is 1.32. The van der Waals surface area contributed by atoms with Crippen LogP contribution in [0.3, 0.4) is 0 Å². The van der Waals surface area contributed by atoms with Gasteiger partial charge in [0.15, 0.2) is 0 Å². The maximum atomic E-state index is 12.3. The van der Waals surface area contributed by atoms with Crippen molar-refractivity contribution in [2.24, 2.45) is 0 Å². The van der Waals surface area contributed by atoms with Crippen LogP contribution in [0.4, 0.5) is 0 Å². The molecule has 2 aliphatic rings. The molecule has 3 rings (SSSR count). The van der Waals surface area contributed by atoms with Gasteiger partial charge in [0, 0.05) is 39.3 Å². The van der Waals surface area contributed by atoms with Gasteiger partial charge in [0.2, 0.25) is 5.91 Å². The van der Waals surface area contributed by atoms with Gasteiger partial charge in [-0.15, -0.1) is 0 Å². The fraction of sp³-hybridized carbons (Fsp3) is 0.562. The molecule has 1 amide bonds. The molecule has 5 nitrogen and oxygen atoms in total. The second-order valence-electron chi connectivity index (χ2n) is 5.94. The zero-order valence-corrected chi connectivity index (χ0v) is 12.2. The molecule has 0 saturated carbocycles. The van der Waals surface area contributed by atoms with Gasteiger partial charge in [0.25, 0.3) is 0 Å². The van der Waals surface area contributed by atoms with Gasteiger partial charge in [-0.2, -0.15) is 0 Å². The Hall–Kier alpha value is -1.43. The number of hydrogen-bond donors (Lipinski definition) is 2. The molecule has 2 atom stereocenters. The molecular weight excluding hydrogens is 266 g/mol. The predicted octanol–water partition coefficient (Wildman–Crippen LogP) is 0.0536. The van der Waals surface area contributed by atoms with Crippen LogP contribution < -0.4 is 5.32 Å². The van der Waals surface area contributed by atoms with Crippen LogP contribution in [0.1, 0.15) is 12.0 Å². The van der Waals surface area contributed by atoms with Crippen molar-refractivity contribution in [2.75, 3.05) is 32.7 Å². The van der Waals surface area contributed by atoms with Crippen molar-refractivity contribution in [1.82, 2.24) is 15.1 Å². The molecule has 0 aliphatic carbocycles. The molecular formula is C16H23N3O2. The molecule has 0 spiro atoms. The molecule has 2 unspecified atom stereocenters. The number of benzene rings is 1. The summed E-state index contributed by atoms with van der Waals surface area (Å²) in [5.74, 6) is 0.144. The largest absolute Gasteiger partial charge is 0.392 e. The fourth-order valence-corrected chi connectivity index (χ4v) is 3.09. The lowest BCUT2D eigenvalue weighted by molar-refractivity contribution is -0.135. The van der Waals surface area contributed by atoms with Crippen molar-refractivity contribution in [1.29, 1.82) is 0 Å². The summed E-state index contributed by atoms with van der Waals surface area (Å²) in [7, 11) is 0. The van der Waals surface area contributed by atoms with Crippen molar-refractivity contribution in [2.45, 2.75) is 25.1 Å². The first-order chi connectivity index (χ1) is 10.2. The molecule has 1 aromatic rings. The van der Waals surface area contributed by atoms with Crippen LogP contribution >= 0.6 is 0 Å². The van der Waals surface area contributed by atoms with Crippen molar-refractivity contribution in [3.63, 3.8) is 0 Å². The van der Waals surface area contributed by atoms with E-state index in [2.05, 4.69) is 34.5 Å². The van der Waals surface area contributed by atoms with Crippen molar-refractivity contribution >= 4 is 5.91 Å². The average Bonchev–Trinajstić information content (AvgIpc) is 2.95. The van der Waals surface area contributed by atoms with E-state index in [4.69, 9.17) is 0 Å². The normalized spacial score (nSPS) is 27.0. The maximum Gasteiger partial charge on any atom is 0.239 e. The summed E-state index contributed by atoms with van der Waals surface area (Å²) in [6, 6.07) is 10.2. The molecule has 1 aromatic carbocycles. The van der Waals surface area contributed by atoms with Crippen molar-refractivity contribution in [3.05, 3.63) is 35.9 Å². The molecule has 2 fully saturated rings. The van der Waals surface area contributed by atoms with Crippen molar-refractivity contribution in [3.8, 4) is 0 Å². The number of amides is 1. The first-order valence-corrected chi connectivity index (χ1v) is 7.69. The van der Waals surface area contributed by atoms with Crippen LogP contribution in [0, 0.1) is 0 Å². The number of nitrogens with one attached hydrogen (secondary N) is 1. The number of piperazine rings is 1. The lowest BCUT2D eigenvalue weighted by Gasteiger charge is -2.36. The molecule has 2 N–H and O–H groups in total. The molecule has 5 heteroatoms. The van der Waals surface area contributed by atoms with Crippen molar-refractivity contribution < 1.29 is 9.90 Å². The maximum absolute atomic E-state index is 12.3. The van der Waals surface area contributed by atoms with Gasteiger partial charge in [-0.05, 0) is 12.0 Å². The lowest BCUT2D eigenvalue weighted by atomic mass is 10.1. The number of aliphatic hydroxyl groups excluding tert-OH is 1. The summed E-state index contributed by atoms with van der Waals surface area (Å²) in [6.45, 7) is 4.86. The summed E-state index contributed by atoms with van der Waals surface area (Å²) in [5, 5.41) is 12.6. The van der Waals surface area contributed by atoms with E-state index in [1.807, 2.05) is 11.0 Å². The second-order valence-corrected chi connectivity index (χ2v) is 5.94. The molecule has 21 heavy (non-hydrogen) atoms. The Morgan fingerprint density at radius 1 is 1.19 bits per heavy atom. The summed E-state index contributed by atoms with van der Waals surface area (Å²) < 4.78 is 0. The highest BCUT2D eigenvalue weighted by Crippen LogP contribution is 2.13. The highest BCUT2D eigenvalue weighted by atomic mass is 16.3. The monoisotopic (exact) mass is 289 g/mol. The second kappa shape index (κ2) is 6.56. The number of rotatable bonds is 3. The van der Waals surface area contributed by atoms with Crippen LogP contribution in [0.15, 0.2) is 30.3 Å². The van der Waals surface area contributed by atoms with Gasteiger partial charge in [-0.25, -0.2) is 0 Å². The number of carbonyl (C=O) groups is 1. The van der Waals surface area contributed by atoms with E-state index >= 15 is 0 Å². The van der Waals surface area contributed by atoms with Gasteiger partial charge >= 0.3 is 0 Å². The molecule has 2 heterocycles. The highest BCUT2D eigenvalue weighted by Gasteiger charge is 2.32. The van der Waals surface area contributed by atoms with E-state index in [1.54, 1.807) is 0 Å². The highest BCUT2D eigenvalue weighted by molar-refractivity contribution is 5.82. The summed E-state index contributed by atoms with van der Waals surface area (Å²) in [6.07, 6.45) is 0.168. The minimum atomic E-state index is -0.377. The number of hydrogen-bond acceptors (Lipinski definition) is 4. The van der Waals surface area contributed by atoms with Crippen LogP contribution in [0.2, 0.25) is 0 Å². The Morgan fingerprint density at radius 3 is 2.52 bits per heavy atom. The summed E-state index contributed by atoms with van der Waals surface area (Å²) in [4.78, 5) is 16.7. The Labute approximate surface area is 125 Å². The van der Waals surface area contributed by atoms with E-state index in [0.29, 0.717) is 13.0 Å². The minimum absolute atomic E-state index is 0.144. The third-order valence-electron chi connectivity index (χ3n) is 4.34. The zero-order valence-electron chi connectivity index (χ0n) is 12.2. The SMILES string of the molecule is O=C(C1CC(O)CN1)N1CCN(Cc2ccccc2)CC1. The predicted molar refractivity (Wildman–Crippen MR) is 80.7 cm³/mol. The smallest absolute Gasteiger partial charge is 0.239 e. The number of aliphatic hydroxyl groups is 1. The first kappa shape index (κ1) is 14.5. The van der Waals surface area contributed by atoms with E-state index in [1.165, 1.54) is 5.56 Å². The van der Waals surface area contributed by atoms with Gasteiger partial charge in [-0.1, -0.05) is 30.3 Å². The Bertz CT molecular complexity index is 472. The topological polar surface area (TPSA) is 55.8 Å². The van der Waals surface area contributed by atoms with Crippen LogP contribution in [-0.4, -0.2) is 65.7 Å². The quantitative estimate of drug-likeness (QED) is 0.826. The fourth-order valence-electron chi connectivity index (χ4n) is 3.09. The zero-order chi connectivity index (χ0) is 14.7. The van der Waals surface area contributed by atoms with Crippen LogP contribution in [-0.2, 0) is 11.3 Å². The molecule has 0 bridgehead atoms. The van der Waals surface area contributed by atoms with Gasteiger partial charge in [0.05, 0.1) is 12.1 Å². The van der Waals surface area contributed by atoms with Gasteiger partial charge in [-0.3, -0.25) is 9.69 Å². The third-order valence-corrected chi connectivity index (χ3v) is 4.34. The Balaban J connectivity index is 1.47. The van der Waals surface area contributed by atoms with Crippen LogP contribution in [0.25, 0.3) is 0 Å². The Kier molecular flexibility index (Phi) is 4.53. The number of β-amino-alcohol motifs (C(OH)–C–C–N with tert-alkyl or cyclic N) is 1. The summed E-state index contributed by atoms with van der Waals surface area (Å²) >= 11 is 0. The molecule has 2 aliphatic heterocycles. The van der Waals surface area contributed by atoms with Gasteiger partial charge < -0.3 is 15.3 Å². The number of nitrogens with zero attached hydrogens (tertiary/aromatic N) is 2. The molecule has 0 radical (unpaired) electrons. The molecule has 0 aromatic heterocycles. The van der Waals surface area contributed by atoms with Crippen LogP contribution in [0.5, 0.6) is 0 Å². The number of carbonyl (C=O) groups excluding carboxylic acids is 1. The van der Waals surface area contributed by atoms with E-state index in [0.717, 1.165) is 32.7 Å². The first-order valence-electron chi connectivity index (χ1n) is 7.69. The lowest BCUT2D eigenvalue weighted by Crippen LogP contribution is -2.52. The molecule has 114 valence electrons. The minimum Gasteiger partial charge on any atom is -0.392 e. The van der Waals surface area contributed by atoms with E-state index in [9.17, 15) is 9.90 Å². The van der Waals surface area contributed by atoms with Gasteiger partial charge in [0.1, 0.15) is 0 Å². The van der Waals surface area contributed by atoms with E-state index < -0.39 is 0 Å². The van der Waals surface area contributed by atoms with E-state index in [-0.39, 0.29) is 18.1 Å².